The van der Waals surface area contributed by atoms with E-state index in [1.54, 1.807) is 0 Å². The van der Waals surface area contributed by atoms with Crippen molar-refractivity contribution >= 4 is 20.9 Å². The second-order valence-electron chi connectivity index (χ2n) is 4.74. The number of benzene rings is 1. The highest BCUT2D eigenvalue weighted by Crippen LogP contribution is 2.28. The quantitative estimate of drug-likeness (QED) is 0.839. The second-order valence-corrected chi connectivity index (χ2v) is 6.97. The molecule has 0 aliphatic carbocycles. The highest BCUT2D eigenvalue weighted by molar-refractivity contribution is 7.91. The molecule has 3 rings (SSSR count). The van der Waals surface area contributed by atoms with Crippen LogP contribution in [0.2, 0.25) is 0 Å². The maximum Gasteiger partial charge on any atom is 0.151 e. The molecule has 1 fully saturated rings. The molecule has 0 bridgehead atoms. The molecule has 2 aromatic rings. The summed E-state index contributed by atoms with van der Waals surface area (Å²) < 4.78 is 22.9. The van der Waals surface area contributed by atoms with Gasteiger partial charge in [-0.2, -0.15) is 0 Å². The van der Waals surface area contributed by atoms with Crippen molar-refractivity contribution in [2.24, 2.45) is 0 Å². The van der Waals surface area contributed by atoms with Gasteiger partial charge in [-0.3, -0.25) is 0 Å². The van der Waals surface area contributed by atoms with Crippen LogP contribution in [0.1, 0.15) is 23.7 Å². The summed E-state index contributed by atoms with van der Waals surface area (Å²) in [4.78, 5) is 7.72. The Morgan fingerprint density at radius 1 is 1.41 bits per heavy atom. The van der Waals surface area contributed by atoms with Gasteiger partial charge in [0.2, 0.25) is 0 Å². The van der Waals surface area contributed by atoms with Gasteiger partial charge < -0.3 is 4.98 Å². The number of aromatic nitrogens is 2. The molecule has 1 aliphatic rings. The third-order valence-electron chi connectivity index (χ3n) is 3.27. The van der Waals surface area contributed by atoms with Crippen LogP contribution in [0.15, 0.2) is 18.2 Å². The number of aromatic amines is 1. The first-order valence-electron chi connectivity index (χ1n) is 5.70. The number of rotatable bonds is 1. The van der Waals surface area contributed by atoms with Crippen LogP contribution < -0.4 is 0 Å². The number of hydrogen-bond donors (Lipinski definition) is 1. The Bertz CT molecular complexity index is 673. The van der Waals surface area contributed by atoms with E-state index in [-0.39, 0.29) is 17.4 Å². The lowest BCUT2D eigenvalue weighted by atomic mass is 10.1. The van der Waals surface area contributed by atoms with Crippen molar-refractivity contribution in [2.75, 3.05) is 11.5 Å². The van der Waals surface area contributed by atoms with E-state index in [0.29, 0.717) is 6.42 Å². The first-order chi connectivity index (χ1) is 8.03. The third kappa shape index (κ3) is 1.95. The zero-order valence-corrected chi connectivity index (χ0v) is 10.4. The van der Waals surface area contributed by atoms with Gasteiger partial charge in [0.15, 0.2) is 9.84 Å². The van der Waals surface area contributed by atoms with Gasteiger partial charge in [-0.05, 0) is 31.0 Å². The smallest absolute Gasteiger partial charge is 0.151 e. The largest absolute Gasteiger partial charge is 0.342 e. The summed E-state index contributed by atoms with van der Waals surface area (Å²) in [7, 11) is -2.85. The Balaban J connectivity index is 2.02. The zero-order chi connectivity index (χ0) is 12.0. The van der Waals surface area contributed by atoms with Crippen LogP contribution in [0.25, 0.3) is 11.0 Å². The van der Waals surface area contributed by atoms with Crippen molar-refractivity contribution in [3.63, 3.8) is 0 Å². The molecule has 5 heteroatoms. The van der Waals surface area contributed by atoms with Gasteiger partial charge >= 0.3 is 0 Å². The van der Waals surface area contributed by atoms with Gasteiger partial charge in [-0.25, -0.2) is 13.4 Å². The summed E-state index contributed by atoms with van der Waals surface area (Å²) in [6.45, 7) is 2.03. The lowest BCUT2D eigenvalue weighted by Crippen LogP contribution is -2.04. The molecule has 17 heavy (non-hydrogen) atoms. The van der Waals surface area contributed by atoms with Gasteiger partial charge in [0.05, 0.1) is 22.5 Å². The number of imidazole rings is 1. The lowest BCUT2D eigenvalue weighted by molar-refractivity contribution is 0.601. The lowest BCUT2D eigenvalue weighted by Gasteiger charge is -2.01. The minimum atomic E-state index is -2.85. The molecule has 1 aromatic heterocycles. The molecule has 1 atom stereocenters. The molecular weight excluding hydrogens is 236 g/mol. The Hall–Kier alpha value is -1.36. The number of H-pyrrole nitrogens is 1. The van der Waals surface area contributed by atoms with Gasteiger partial charge in [0.25, 0.3) is 0 Å². The fourth-order valence-electron chi connectivity index (χ4n) is 2.35. The minimum absolute atomic E-state index is 0.0349. The number of aryl methyl sites for hydroxylation is 1. The van der Waals surface area contributed by atoms with E-state index in [1.807, 2.05) is 25.1 Å². The second kappa shape index (κ2) is 3.57. The van der Waals surface area contributed by atoms with E-state index >= 15 is 0 Å². The van der Waals surface area contributed by atoms with Gasteiger partial charge in [0.1, 0.15) is 5.82 Å². The predicted octanol–water partition coefficient (Wildman–Crippen LogP) is 1.77. The van der Waals surface area contributed by atoms with Crippen LogP contribution >= 0.6 is 0 Å². The summed E-state index contributed by atoms with van der Waals surface area (Å²) in [5.74, 6) is 1.36. The summed E-state index contributed by atoms with van der Waals surface area (Å²) >= 11 is 0. The normalized spacial score (nSPS) is 23.2. The van der Waals surface area contributed by atoms with Crippen molar-refractivity contribution in [2.45, 2.75) is 19.3 Å². The summed E-state index contributed by atoms with van der Waals surface area (Å²) in [5.41, 5.74) is 3.07. The summed E-state index contributed by atoms with van der Waals surface area (Å²) in [6.07, 6.45) is 0.682. The Kier molecular flexibility index (Phi) is 2.26. The van der Waals surface area contributed by atoms with Crippen molar-refractivity contribution in [1.82, 2.24) is 9.97 Å². The highest BCUT2D eigenvalue weighted by atomic mass is 32.2. The fraction of sp³-hybridized carbons (Fsp3) is 0.417. The molecule has 4 nitrogen and oxygen atoms in total. The van der Waals surface area contributed by atoms with Crippen molar-refractivity contribution in [1.29, 1.82) is 0 Å². The molecule has 1 aromatic carbocycles. The van der Waals surface area contributed by atoms with Crippen molar-refractivity contribution < 1.29 is 8.42 Å². The number of hydrogen-bond acceptors (Lipinski definition) is 3. The predicted molar refractivity (Wildman–Crippen MR) is 66.8 cm³/mol. The SMILES string of the molecule is Cc1ccc2nc(C3CCS(=O)(=O)C3)[nH]c2c1. The van der Waals surface area contributed by atoms with Crippen LogP contribution in [0.3, 0.4) is 0 Å². The number of nitrogens with one attached hydrogen (secondary N) is 1. The topological polar surface area (TPSA) is 62.8 Å². The van der Waals surface area contributed by atoms with E-state index in [0.717, 1.165) is 16.9 Å². The van der Waals surface area contributed by atoms with Crippen LogP contribution in [0, 0.1) is 6.92 Å². The van der Waals surface area contributed by atoms with E-state index in [4.69, 9.17) is 0 Å². The van der Waals surface area contributed by atoms with Crippen LogP contribution in [-0.4, -0.2) is 29.9 Å². The molecule has 0 spiro atoms. The molecule has 2 heterocycles. The van der Waals surface area contributed by atoms with Crippen molar-refractivity contribution in [3.05, 3.63) is 29.6 Å². The molecule has 1 aliphatic heterocycles. The van der Waals surface area contributed by atoms with Gasteiger partial charge in [-0.1, -0.05) is 6.07 Å². The maximum atomic E-state index is 11.4. The first kappa shape index (κ1) is 10.8. The van der Waals surface area contributed by atoms with E-state index in [9.17, 15) is 8.42 Å². The standard InChI is InChI=1S/C12H14N2O2S/c1-8-2-3-10-11(6-8)14-12(13-10)9-4-5-17(15,16)7-9/h2-3,6,9H,4-5,7H2,1H3,(H,13,14). The molecule has 0 radical (unpaired) electrons. The van der Waals surface area contributed by atoms with Gasteiger partial charge in [-0.15, -0.1) is 0 Å². The Morgan fingerprint density at radius 2 is 2.24 bits per heavy atom. The number of nitrogens with zero attached hydrogens (tertiary/aromatic N) is 1. The van der Waals surface area contributed by atoms with Crippen LogP contribution in [0.4, 0.5) is 0 Å². The summed E-state index contributed by atoms with van der Waals surface area (Å²) in [5, 5.41) is 0. The maximum absolute atomic E-state index is 11.4. The molecule has 1 saturated heterocycles. The zero-order valence-electron chi connectivity index (χ0n) is 9.60. The molecular formula is C12H14N2O2S. The molecule has 0 saturated carbocycles. The number of fused-ring (bicyclic) bond motifs is 1. The average molecular weight is 250 g/mol. The van der Waals surface area contributed by atoms with Crippen LogP contribution in [0.5, 0.6) is 0 Å². The first-order valence-corrected chi connectivity index (χ1v) is 7.52. The summed E-state index contributed by atoms with van der Waals surface area (Å²) in [6, 6.07) is 6.02. The average Bonchev–Trinajstić information content (AvgIpc) is 2.80. The molecule has 1 unspecified atom stereocenters. The Morgan fingerprint density at radius 3 is 2.94 bits per heavy atom. The van der Waals surface area contributed by atoms with Crippen LogP contribution in [-0.2, 0) is 9.84 Å². The third-order valence-corrected chi connectivity index (χ3v) is 5.04. The minimum Gasteiger partial charge on any atom is -0.342 e. The van der Waals surface area contributed by atoms with E-state index in [1.165, 1.54) is 5.56 Å². The Labute approximate surface area is 100.0 Å². The van der Waals surface area contributed by atoms with Crippen molar-refractivity contribution in [3.8, 4) is 0 Å². The van der Waals surface area contributed by atoms with E-state index in [2.05, 4.69) is 9.97 Å². The fourth-order valence-corrected chi connectivity index (χ4v) is 4.10. The molecule has 0 amide bonds. The molecule has 90 valence electrons. The highest BCUT2D eigenvalue weighted by Gasteiger charge is 2.30. The van der Waals surface area contributed by atoms with E-state index < -0.39 is 9.84 Å². The van der Waals surface area contributed by atoms with Gasteiger partial charge in [0, 0.05) is 5.92 Å². The monoisotopic (exact) mass is 250 g/mol. The molecule has 1 N–H and O–H groups in total. The number of sulfone groups is 1.